The fourth-order valence-electron chi connectivity index (χ4n) is 3.17. The van der Waals surface area contributed by atoms with Gasteiger partial charge in [0.15, 0.2) is 16.7 Å². The van der Waals surface area contributed by atoms with Crippen LogP contribution in [0, 0.1) is 30.9 Å². The molecule has 0 radical (unpaired) electrons. The van der Waals surface area contributed by atoms with Gasteiger partial charge in [-0.1, -0.05) is 23.9 Å². The van der Waals surface area contributed by atoms with Crippen molar-refractivity contribution in [1.82, 2.24) is 14.8 Å². The number of ether oxygens (including phenoxy) is 2. The lowest BCUT2D eigenvalue weighted by Crippen LogP contribution is -2.11. The van der Waals surface area contributed by atoms with E-state index in [2.05, 4.69) is 23.2 Å². The van der Waals surface area contributed by atoms with Crippen LogP contribution in [0.3, 0.4) is 0 Å². The Hall–Kier alpha value is -3.07. The summed E-state index contributed by atoms with van der Waals surface area (Å²) in [5.41, 5.74) is 4.07. The monoisotopic (exact) mass is 412 g/mol. The molecule has 4 rings (SSSR count). The molecule has 1 aliphatic heterocycles. The standard InChI is InChI=1S/C20H20N4O4S/c1-12-4-6-16(8-13(12)2)24-14(3)21-22-20(24)29-19(10-23(25)26)15-5-7-17-18(9-15)28-11-27-17/h4-9,19H,10-11H2,1-3H3/t19-/m1/s1. The quantitative estimate of drug-likeness (QED) is 0.343. The molecule has 0 unspecified atom stereocenters. The van der Waals surface area contributed by atoms with Gasteiger partial charge < -0.3 is 9.47 Å². The van der Waals surface area contributed by atoms with E-state index in [1.54, 1.807) is 12.1 Å². The van der Waals surface area contributed by atoms with Gasteiger partial charge in [-0.3, -0.25) is 14.7 Å². The van der Waals surface area contributed by atoms with Crippen molar-refractivity contribution in [2.75, 3.05) is 13.3 Å². The lowest BCUT2D eigenvalue weighted by Gasteiger charge is -2.15. The average molecular weight is 412 g/mol. The van der Waals surface area contributed by atoms with Gasteiger partial charge in [0.25, 0.3) is 0 Å². The lowest BCUT2D eigenvalue weighted by atomic mass is 10.1. The van der Waals surface area contributed by atoms with E-state index in [4.69, 9.17) is 9.47 Å². The predicted octanol–water partition coefficient (Wildman–Crippen LogP) is 4.03. The second-order valence-electron chi connectivity index (χ2n) is 6.87. The highest BCUT2D eigenvalue weighted by Crippen LogP contribution is 2.40. The molecular weight excluding hydrogens is 392 g/mol. The first-order chi connectivity index (χ1) is 13.9. The Balaban J connectivity index is 1.70. The molecule has 0 N–H and O–H groups in total. The van der Waals surface area contributed by atoms with Gasteiger partial charge in [0, 0.05) is 10.6 Å². The van der Waals surface area contributed by atoms with E-state index in [9.17, 15) is 10.1 Å². The van der Waals surface area contributed by atoms with Crippen molar-refractivity contribution in [3.05, 3.63) is 69.0 Å². The number of thioether (sulfide) groups is 1. The third kappa shape index (κ3) is 3.91. The second-order valence-corrected chi connectivity index (χ2v) is 8.04. The Morgan fingerprint density at radius 1 is 1.10 bits per heavy atom. The normalized spacial score (nSPS) is 13.5. The summed E-state index contributed by atoms with van der Waals surface area (Å²) < 4.78 is 12.7. The zero-order chi connectivity index (χ0) is 20.5. The van der Waals surface area contributed by atoms with E-state index in [0.29, 0.717) is 16.7 Å². The molecule has 0 bridgehead atoms. The Morgan fingerprint density at radius 3 is 2.66 bits per heavy atom. The molecule has 0 aliphatic carbocycles. The van der Waals surface area contributed by atoms with Crippen LogP contribution in [0.5, 0.6) is 11.5 Å². The molecule has 8 nitrogen and oxygen atoms in total. The number of hydrogen-bond donors (Lipinski definition) is 0. The van der Waals surface area contributed by atoms with Crippen molar-refractivity contribution in [3.63, 3.8) is 0 Å². The average Bonchev–Trinajstić information content (AvgIpc) is 3.29. The van der Waals surface area contributed by atoms with Crippen molar-refractivity contribution in [2.45, 2.75) is 31.2 Å². The maximum Gasteiger partial charge on any atom is 0.231 e. The number of nitro groups is 1. The van der Waals surface area contributed by atoms with Crippen LogP contribution in [0.15, 0.2) is 41.6 Å². The third-order valence-electron chi connectivity index (χ3n) is 4.87. The van der Waals surface area contributed by atoms with Crippen LogP contribution in [-0.2, 0) is 0 Å². The molecule has 150 valence electrons. The highest BCUT2D eigenvalue weighted by atomic mass is 32.2. The van der Waals surface area contributed by atoms with Crippen molar-refractivity contribution >= 4 is 11.8 Å². The van der Waals surface area contributed by atoms with Gasteiger partial charge in [0.05, 0.1) is 0 Å². The minimum Gasteiger partial charge on any atom is -0.454 e. The Morgan fingerprint density at radius 2 is 1.90 bits per heavy atom. The number of benzene rings is 2. The van der Waals surface area contributed by atoms with Gasteiger partial charge in [0.2, 0.25) is 13.3 Å². The molecule has 1 atom stereocenters. The Bertz CT molecular complexity index is 1080. The predicted molar refractivity (Wildman–Crippen MR) is 109 cm³/mol. The zero-order valence-electron chi connectivity index (χ0n) is 16.3. The minimum absolute atomic E-state index is 0.159. The van der Waals surface area contributed by atoms with Crippen LogP contribution in [0.4, 0.5) is 0 Å². The van der Waals surface area contributed by atoms with E-state index >= 15 is 0 Å². The smallest absolute Gasteiger partial charge is 0.231 e. The van der Waals surface area contributed by atoms with Gasteiger partial charge in [-0.05, 0) is 61.7 Å². The van der Waals surface area contributed by atoms with Crippen LogP contribution in [0.25, 0.3) is 5.69 Å². The van der Waals surface area contributed by atoms with Crippen molar-refractivity contribution in [2.24, 2.45) is 0 Å². The molecule has 1 aliphatic rings. The maximum absolute atomic E-state index is 11.3. The number of aromatic nitrogens is 3. The van der Waals surface area contributed by atoms with Crippen LogP contribution in [-0.4, -0.2) is 33.0 Å². The summed E-state index contributed by atoms with van der Waals surface area (Å²) in [6, 6.07) is 11.5. The number of rotatable bonds is 6. The second kappa shape index (κ2) is 7.75. The molecule has 0 fully saturated rings. The molecule has 9 heteroatoms. The maximum atomic E-state index is 11.3. The van der Waals surface area contributed by atoms with Crippen LogP contribution < -0.4 is 9.47 Å². The van der Waals surface area contributed by atoms with Gasteiger partial charge in [-0.2, -0.15) is 0 Å². The summed E-state index contributed by atoms with van der Waals surface area (Å²) in [6.07, 6.45) is 0. The summed E-state index contributed by atoms with van der Waals surface area (Å²) in [7, 11) is 0. The van der Waals surface area contributed by atoms with Gasteiger partial charge in [0.1, 0.15) is 11.1 Å². The fraction of sp³-hybridized carbons (Fsp3) is 0.300. The highest BCUT2D eigenvalue weighted by Gasteiger charge is 2.26. The topological polar surface area (TPSA) is 92.3 Å². The van der Waals surface area contributed by atoms with Crippen molar-refractivity contribution in [3.8, 4) is 17.2 Å². The molecule has 2 aromatic carbocycles. The third-order valence-corrected chi connectivity index (χ3v) is 6.06. The Labute approximate surface area is 172 Å². The highest BCUT2D eigenvalue weighted by molar-refractivity contribution is 7.99. The fourth-order valence-corrected chi connectivity index (χ4v) is 4.33. The van der Waals surface area contributed by atoms with E-state index < -0.39 is 5.25 Å². The Kier molecular flexibility index (Phi) is 5.14. The van der Waals surface area contributed by atoms with Gasteiger partial charge in [-0.15, -0.1) is 10.2 Å². The molecule has 0 amide bonds. The van der Waals surface area contributed by atoms with E-state index in [-0.39, 0.29) is 18.3 Å². The molecule has 0 saturated carbocycles. The van der Waals surface area contributed by atoms with Gasteiger partial charge in [-0.25, -0.2) is 0 Å². The number of aryl methyl sites for hydroxylation is 3. The number of fused-ring (bicyclic) bond motifs is 1. The van der Waals surface area contributed by atoms with Crippen LogP contribution >= 0.6 is 11.8 Å². The first-order valence-corrected chi connectivity index (χ1v) is 9.98. The van der Waals surface area contributed by atoms with E-state index in [1.807, 2.05) is 36.6 Å². The SMILES string of the molecule is Cc1ccc(-n2c(C)nnc2S[C@H](C[N+](=O)[O-])c2ccc3c(c2)OCO3)cc1C. The lowest BCUT2D eigenvalue weighted by molar-refractivity contribution is -0.479. The summed E-state index contributed by atoms with van der Waals surface area (Å²) in [4.78, 5) is 11.0. The van der Waals surface area contributed by atoms with Gasteiger partial charge >= 0.3 is 0 Å². The van der Waals surface area contributed by atoms with Crippen LogP contribution in [0.1, 0.15) is 27.8 Å². The summed E-state index contributed by atoms with van der Waals surface area (Å²) in [6.45, 7) is 5.89. The van der Waals surface area contributed by atoms with Crippen LogP contribution in [0.2, 0.25) is 0 Å². The number of hydrogen-bond acceptors (Lipinski definition) is 7. The minimum atomic E-state index is -0.451. The van der Waals surface area contributed by atoms with Crippen molar-refractivity contribution in [1.29, 1.82) is 0 Å². The largest absolute Gasteiger partial charge is 0.454 e. The number of nitrogens with zero attached hydrogens (tertiary/aromatic N) is 4. The molecule has 0 saturated heterocycles. The molecule has 29 heavy (non-hydrogen) atoms. The summed E-state index contributed by atoms with van der Waals surface area (Å²) >= 11 is 1.32. The van der Waals surface area contributed by atoms with Crippen molar-refractivity contribution < 1.29 is 14.4 Å². The first kappa shape index (κ1) is 19.3. The molecule has 3 aromatic rings. The van der Waals surface area contributed by atoms with E-state index in [1.165, 1.54) is 17.3 Å². The summed E-state index contributed by atoms with van der Waals surface area (Å²) in [5, 5.41) is 20.0. The molecule has 0 spiro atoms. The first-order valence-electron chi connectivity index (χ1n) is 9.10. The molecular formula is C20H20N4O4S. The zero-order valence-corrected chi connectivity index (χ0v) is 17.1. The van der Waals surface area contributed by atoms with E-state index in [0.717, 1.165) is 22.6 Å². The molecule has 2 heterocycles. The summed E-state index contributed by atoms with van der Waals surface area (Å²) in [5.74, 6) is 1.97. The molecule has 1 aromatic heterocycles.